The largest absolute Gasteiger partial charge is 0.456 e. The van der Waals surface area contributed by atoms with E-state index in [4.69, 9.17) is 4.74 Å². The molecule has 1 aliphatic rings. The average Bonchev–Trinajstić information content (AvgIpc) is 2.26. The zero-order valence-corrected chi connectivity index (χ0v) is 10.5. The van der Waals surface area contributed by atoms with E-state index >= 15 is 0 Å². The van der Waals surface area contributed by atoms with Crippen LogP contribution >= 0.6 is 0 Å². The molecule has 0 saturated heterocycles. The number of rotatable bonds is 1. The SMILES string of the molecule is CC(C)(C)OC(=O)c1cccc2c1NCCN2. The molecule has 1 aromatic rings. The molecular formula is C13H18N2O2. The van der Waals surface area contributed by atoms with Gasteiger partial charge in [0.25, 0.3) is 0 Å². The summed E-state index contributed by atoms with van der Waals surface area (Å²) in [5.74, 6) is -0.287. The molecule has 92 valence electrons. The zero-order valence-electron chi connectivity index (χ0n) is 10.5. The molecule has 0 aliphatic carbocycles. The van der Waals surface area contributed by atoms with Gasteiger partial charge in [-0.05, 0) is 32.9 Å². The topological polar surface area (TPSA) is 50.4 Å². The second-order valence-electron chi connectivity index (χ2n) is 5.08. The lowest BCUT2D eigenvalue weighted by Crippen LogP contribution is -2.27. The number of hydrogen-bond acceptors (Lipinski definition) is 4. The number of ether oxygens (including phenoxy) is 1. The van der Waals surface area contributed by atoms with E-state index in [1.807, 2.05) is 32.9 Å². The van der Waals surface area contributed by atoms with E-state index in [2.05, 4.69) is 10.6 Å². The number of anilines is 2. The highest BCUT2D eigenvalue weighted by Crippen LogP contribution is 2.29. The van der Waals surface area contributed by atoms with E-state index in [-0.39, 0.29) is 5.97 Å². The Bertz CT molecular complexity index is 436. The van der Waals surface area contributed by atoms with Gasteiger partial charge < -0.3 is 15.4 Å². The molecule has 1 heterocycles. The van der Waals surface area contributed by atoms with Crippen molar-refractivity contribution in [2.24, 2.45) is 0 Å². The summed E-state index contributed by atoms with van der Waals surface area (Å²) in [6, 6.07) is 5.60. The highest BCUT2D eigenvalue weighted by molar-refractivity contribution is 5.99. The van der Waals surface area contributed by atoms with Crippen LogP contribution < -0.4 is 10.6 Å². The molecule has 0 unspecified atom stereocenters. The molecule has 0 spiro atoms. The van der Waals surface area contributed by atoms with Gasteiger partial charge in [-0.3, -0.25) is 0 Å². The Kier molecular flexibility index (Phi) is 2.96. The van der Waals surface area contributed by atoms with Crippen molar-refractivity contribution in [3.05, 3.63) is 23.8 Å². The summed E-state index contributed by atoms with van der Waals surface area (Å²) in [6.45, 7) is 7.28. The van der Waals surface area contributed by atoms with Gasteiger partial charge >= 0.3 is 5.97 Å². The minimum atomic E-state index is -0.470. The normalized spacial score (nSPS) is 14.3. The van der Waals surface area contributed by atoms with Crippen molar-refractivity contribution < 1.29 is 9.53 Å². The number of carbonyl (C=O) groups excluding carboxylic acids is 1. The summed E-state index contributed by atoms with van der Waals surface area (Å²) in [4.78, 5) is 12.0. The van der Waals surface area contributed by atoms with Gasteiger partial charge in [0.05, 0.1) is 16.9 Å². The van der Waals surface area contributed by atoms with Gasteiger partial charge in [-0.15, -0.1) is 0 Å². The first-order valence-corrected chi connectivity index (χ1v) is 5.81. The number of hydrogen-bond donors (Lipinski definition) is 2. The third-order valence-electron chi connectivity index (χ3n) is 2.43. The molecule has 0 amide bonds. The fraction of sp³-hybridized carbons (Fsp3) is 0.462. The first-order chi connectivity index (χ1) is 7.97. The third-order valence-corrected chi connectivity index (χ3v) is 2.43. The van der Waals surface area contributed by atoms with Crippen molar-refractivity contribution in [2.45, 2.75) is 26.4 Å². The molecule has 0 fully saturated rings. The van der Waals surface area contributed by atoms with Gasteiger partial charge in [-0.2, -0.15) is 0 Å². The summed E-state index contributed by atoms with van der Waals surface area (Å²) >= 11 is 0. The van der Waals surface area contributed by atoms with E-state index < -0.39 is 5.60 Å². The van der Waals surface area contributed by atoms with E-state index in [1.54, 1.807) is 6.07 Å². The summed E-state index contributed by atoms with van der Waals surface area (Å²) in [7, 11) is 0. The van der Waals surface area contributed by atoms with E-state index in [0.717, 1.165) is 24.5 Å². The van der Waals surface area contributed by atoms with Gasteiger partial charge in [-0.1, -0.05) is 6.07 Å². The Balaban J connectivity index is 2.29. The second-order valence-corrected chi connectivity index (χ2v) is 5.08. The quantitative estimate of drug-likeness (QED) is 0.733. The molecule has 4 heteroatoms. The van der Waals surface area contributed by atoms with Crippen LogP contribution in [-0.2, 0) is 4.74 Å². The Morgan fingerprint density at radius 3 is 2.65 bits per heavy atom. The van der Waals surface area contributed by atoms with Crippen LogP contribution in [0, 0.1) is 0 Å². The van der Waals surface area contributed by atoms with Gasteiger partial charge in [0.15, 0.2) is 0 Å². The molecular weight excluding hydrogens is 216 g/mol. The van der Waals surface area contributed by atoms with Crippen LogP contribution in [0.1, 0.15) is 31.1 Å². The molecule has 0 bridgehead atoms. The number of fused-ring (bicyclic) bond motifs is 1. The van der Waals surface area contributed by atoms with Crippen LogP contribution in [0.4, 0.5) is 11.4 Å². The number of esters is 1. The van der Waals surface area contributed by atoms with E-state index in [1.165, 1.54) is 0 Å². The average molecular weight is 234 g/mol. The molecule has 0 radical (unpaired) electrons. The maximum atomic E-state index is 12.0. The fourth-order valence-electron chi connectivity index (χ4n) is 1.78. The van der Waals surface area contributed by atoms with Gasteiger partial charge in [0, 0.05) is 13.1 Å². The van der Waals surface area contributed by atoms with Crippen molar-refractivity contribution in [2.75, 3.05) is 23.7 Å². The molecule has 0 saturated carbocycles. The molecule has 2 N–H and O–H groups in total. The first-order valence-electron chi connectivity index (χ1n) is 5.81. The number of carbonyl (C=O) groups is 1. The Labute approximate surface area is 101 Å². The van der Waals surface area contributed by atoms with Crippen molar-refractivity contribution in [3.63, 3.8) is 0 Å². The molecule has 2 rings (SSSR count). The number of nitrogens with one attached hydrogen (secondary N) is 2. The van der Waals surface area contributed by atoms with Crippen molar-refractivity contribution in [3.8, 4) is 0 Å². The molecule has 1 aliphatic heterocycles. The highest BCUT2D eigenvalue weighted by atomic mass is 16.6. The summed E-state index contributed by atoms with van der Waals surface area (Å²) < 4.78 is 5.38. The maximum absolute atomic E-state index is 12.0. The number of para-hydroxylation sites is 1. The third kappa shape index (κ3) is 2.70. The van der Waals surface area contributed by atoms with Gasteiger partial charge in [-0.25, -0.2) is 4.79 Å². The van der Waals surface area contributed by atoms with Crippen LogP contribution in [0.15, 0.2) is 18.2 Å². The number of benzene rings is 1. The molecule has 0 aromatic heterocycles. The van der Waals surface area contributed by atoms with Crippen LogP contribution in [0.25, 0.3) is 0 Å². The maximum Gasteiger partial charge on any atom is 0.340 e. The summed E-state index contributed by atoms with van der Waals surface area (Å²) in [5.41, 5.74) is 1.92. The first kappa shape index (κ1) is 11.8. The van der Waals surface area contributed by atoms with Crippen LogP contribution in [0.2, 0.25) is 0 Å². The van der Waals surface area contributed by atoms with Crippen molar-refractivity contribution in [1.29, 1.82) is 0 Å². The standard InChI is InChI=1S/C13H18N2O2/c1-13(2,3)17-12(16)9-5-4-6-10-11(9)15-8-7-14-10/h4-6,14-15H,7-8H2,1-3H3. The molecule has 4 nitrogen and oxygen atoms in total. The van der Waals surface area contributed by atoms with Gasteiger partial charge in [0.2, 0.25) is 0 Å². The lowest BCUT2D eigenvalue weighted by Gasteiger charge is -2.24. The lowest BCUT2D eigenvalue weighted by atomic mass is 10.1. The van der Waals surface area contributed by atoms with Crippen molar-refractivity contribution >= 4 is 17.3 Å². The smallest absolute Gasteiger partial charge is 0.340 e. The Morgan fingerprint density at radius 1 is 1.24 bits per heavy atom. The predicted octanol–water partition coefficient (Wildman–Crippen LogP) is 2.48. The second kappa shape index (κ2) is 4.28. The van der Waals surface area contributed by atoms with E-state index in [9.17, 15) is 4.79 Å². The molecule has 17 heavy (non-hydrogen) atoms. The minimum Gasteiger partial charge on any atom is -0.456 e. The molecule has 1 aromatic carbocycles. The van der Waals surface area contributed by atoms with E-state index in [0.29, 0.717) is 5.56 Å². The van der Waals surface area contributed by atoms with Crippen LogP contribution in [-0.4, -0.2) is 24.7 Å². The Morgan fingerprint density at radius 2 is 1.94 bits per heavy atom. The minimum absolute atomic E-state index is 0.287. The van der Waals surface area contributed by atoms with Gasteiger partial charge in [0.1, 0.15) is 5.60 Å². The lowest BCUT2D eigenvalue weighted by molar-refractivity contribution is 0.00707. The zero-order chi connectivity index (χ0) is 12.5. The highest BCUT2D eigenvalue weighted by Gasteiger charge is 2.22. The van der Waals surface area contributed by atoms with Crippen molar-refractivity contribution in [1.82, 2.24) is 0 Å². The fourth-order valence-corrected chi connectivity index (χ4v) is 1.78. The van der Waals surface area contributed by atoms with Crippen LogP contribution in [0.3, 0.4) is 0 Å². The molecule has 0 atom stereocenters. The van der Waals surface area contributed by atoms with Crippen LogP contribution in [0.5, 0.6) is 0 Å². The summed E-state index contributed by atoms with van der Waals surface area (Å²) in [6.07, 6.45) is 0. The predicted molar refractivity (Wildman–Crippen MR) is 68.6 cm³/mol. The Hall–Kier alpha value is -1.71. The monoisotopic (exact) mass is 234 g/mol. The summed E-state index contributed by atoms with van der Waals surface area (Å²) in [5, 5.41) is 6.48.